The van der Waals surface area contributed by atoms with E-state index in [-0.39, 0.29) is 17.8 Å². The van der Waals surface area contributed by atoms with Gasteiger partial charge < -0.3 is 19.3 Å². The second-order valence-corrected chi connectivity index (χ2v) is 8.44. The second kappa shape index (κ2) is 11.8. The molecule has 3 aromatic carbocycles. The summed E-state index contributed by atoms with van der Waals surface area (Å²) in [5.41, 5.74) is 3.36. The maximum Gasteiger partial charge on any atom is 0.335 e. The lowest BCUT2D eigenvalue weighted by atomic mass is 9.72. The zero-order chi connectivity index (χ0) is 24.6. The summed E-state index contributed by atoms with van der Waals surface area (Å²) in [5, 5.41) is 11.4. The average molecular weight is 463 g/mol. The van der Waals surface area contributed by atoms with Gasteiger partial charge in [0.05, 0.1) is 18.8 Å². The lowest BCUT2D eigenvalue weighted by Gasteiger charge is -2.33. The number of hydrogen-bond acceptors (Lipinski definition) is 4. The van der Waals surface area contributed by atoms with Crippen molar-refractivity contribution in [2.24, 2.45) is 0 Å². The number of allylic oxidation sites excluding steroid dienone is 1. The third-order valence-corrected chi connectivity index (χ3v) is 6.59. The zero-order valence-corrected chi connectivity index (χ0v) is 20.3. The fourth-order valence-electron chi connectivity index (χ4n) is 4.41. The van der Waals surface area contributed by atoms with Crippen LogP contribution < -0.4 is 4.74 Å². The average Bonchev–Trinajstić information content (AvgIpc) is 2.86. The van der Waals surface area contributed by atoms with Crippen LogP contribution in [0.15, 0.2) is 67.3 Å². The highest BCUT2D eigenvalue weighted by Crippen LogP contribution is 2.43. The molecule has 0 aromatic heterocycles. The molecule has 0 radical (unpaired) electrons. The van der Waals surface area contributed by atoms with Crippen molar-refractivity contribution in [2.45, 2.75) is 38.5 Å². The summed E-state index contributed by atoms with van der Waals surface area (Å²) in [6.45, 7) is 9.57. The van der Waals surface area contributed by atoms with Crippen LogP contribution in [-0.2, 0) is 14.9 Å². The molecule has 1 N–H and O–H groups in total. The molecule has 0 fully saturated rings. The number of ether oxygens (including phenoxy) is 3. The van der Waals surface area contributed by atoms with Crippen molar-refractivity contribution in [1.29, 1.82) is 0 Å². The number of carboxylic acids is 1. The van der Waals surface area contributed by atoms with Crippen LogP contribution in [0.3, 0.4) is 0 Å². The van der Waals surface area contributed by atoms with E-state index in [1.165, 1.54) is 0 Å². The summed E-state index contributed by atoms with van der Waals surface area (Å²) < 4.78 is 16.8. The third-order valence-electron chi connectivity index (χ3n) is 6.59. The Labute approximate surface area is 202 Å². The number of rotatable bonds is 13. The highest BCUT2D eigenvalue weighted by molar-refractivity contribution is 5.91. The van der Waals surface area contributed by atoms with E-state index < -0.39 is 5.97 Å². The van der Waals surface area contributed by atoms with Crippen LogP contribution in [0.1, 0.15) is 49.0 Å². The molecule has 0 unspecified atom stereocenters. The summed E-state index contributed by atoms with van der Waals surface area (Å²) in [7, 11) is 1.65. The molecule has 0 saturated heterocycles. The van der Waals surface area contributed by atoms with Crippen LogP contribution in [0.2, 0.25) is 0 Å². The van der Waals surface area contributed by atoms with Crippen molar-refractivity contribution in [2.75, 3.05) is 27.1 Å². The summed E-state index contributed by atoms with van der Waals surface area (Å²) in [4.78, 5) is 11.2. The van der Waals surface area contributed by atoms with Gasteiger partial charge in [-0.3, -0.25) is 0 Å². The van der Waals surface area contributed by atoms with E-state index in [2.05, 4.69) is 44.7 Å². The number of hydrogen-bond donors (Lipinski definition) is 1. The first-order valence-corrected chi connectivity index (χ1v) is 11.7. The molecule has 0 amide bonds. The minimum absolute atomic E-state index is 0.0864. The normalized spacial score (nSPS) is 11.5. The van der Waals surface area contributed by atoms with Gasteiger partial charge in [-0.25, -0.2) is 4.79 Å². The first-order valence-electron chi connectivity index (χ1n) is 11.7. The molecule has 5 nitrogen and oxygen atoms in total. The first-order chi connectivity index (χ1) is 16.5. The van der Waals surface area contributed by atoms with Crippen LogP contribution in [0.4, 0.5) is 0 Å². The summed E-state index contributed by atoms with van der Waals surface area (Å²) in [6, 6.07) is 17.6. The van der Waals surface area contributed by atoms with Crippen LogP contribution in [0.5, 0.6) is 5.75 Å². The Morgan fingerprint density at radius 1 is 0.971 bits per heavy atom. The molecule has 0 atom stereocenters. The number of methoxy groups -OCH3 is 1. The predicted octanol–water partition coefficient (Wildman–Crippen LogP) is 6.84. The molecule has 180 valence electrons. The van der Waals surface area contributed by atoms with Crippen molar-refractivity contribution >= 4 is 16.7 Å². The third kappa shape index (κ3) is 5.66. The van der Waals surface area contributed by atoms with Crippen LogP contribution in [0.25, 0.3) is 21.9 Å². The van der Waals surface area contributed by atoms with Gasteiger partial charge in [0.25, 0.3) is 0 Å². The Morgan fingerprint density at radius 3 is 2.29 bits per heavy atom. The minimum Gasteiger partial charge on any atom is -0.478 e. The van der Waals surface area contributed by atoms with E-state index >= 15 is 0 Å². The summed E-state index contributed by atoms with van der Waals surface area (Å²) in [5.74, 6) is -0.0971. The molecule has 5 heteroatoms. The first kappa shape index (κ1) is 25.5. The lowest BCUT2D eigenvalue weighted by Crippen LogP contribution is -2.25. The smallest absolute Gasteiger partial charge is 0.335 e. The number of aromatic carboxylic acids is 1. The van der Waals surface area contributed by atoms with Crippen molar-refractivity contribution in [1.82, 2.24) is 0 Å². The zero-order valence-electron chi connectivity index (χ0n) is 20.3. The molecule has 0 aliphatic carbocycles. The van der Waals surface area contributed by atoms with Crippen LogP contribution in [-0.4, -0.2) is 38.2 Å². The fourth-order valence-corrected chi connectivity index (χ4v) is 4.41. The van der Waals surface area contributed by atoms with Gasteiger partial charge in [-0.15, -0.1) is 6.58 Å². The Bertz CT molecular complexity index is 1110. The molecular weight excluding hydrogens is 428 g/mol. The van der Waals surface area contributed by atoms with E-state index in [4.69, 9.17) is 14.2 Å². The second-order valence-electron chi connectivity index (χ2n) is 8.44. The molecule has 34 heavy (non-hydrogen) atoms. The number of fused-ring (bicyclic) bond motifs is 1. The van der Waals surface area contributed by atoms with E-state index in [0.29, 0.717) is 13.2 Å². The molecule has 0 aliphatic heterocycles. The van der Waals surface area contributed by atoms with E-state index in [9.17, 15) is 9.90 Å². The van der Waals surface area contributed by atoms with E-state index in [1.54, 1.807) is 19.2 Å². The maximum absolute atomic E-state index is 11.2. The Morgan fingerprint density at radius 2 is 1.68 bits per heavy atom. The van der Waals surface area contributed by atoms with Gasteiger partial charge in [-0.1, -0.05) is 44.2 Å². The highest BCUT2D eigenvalue weighted by atomic mass is 16.7. The molecule has 3 rings (SSSR count). The van der Waals surface area contributed by atoms with Gasteiger partial charge in [-0.05, 0) is 71.5 Å². The quantitative estimate of drug-likeness (QED) is 0.171. The summed E-state index contributed by atoms with van der Waals surface area (Å²) >= 11 is 0. The molecule has 0 spiro atoms. The van der Waals surface area contributed by atoms with Gasteiger partial charge in [0.1, 0.15) is 5.75 Å². The topological polar surface area (TPSA) is 65.0 Å². The molecule has 3 aromatic rings. The molecule has 0 heterocycles. The highest BCUT2D eigenvalue weighted by Gasteiger charge is 2.30. The number of benzene rings is 3. The Kier molecular flexibility index (Phi) is 8.85. The number of carbonyl (C=O) groups is 1. The monoisotopic (exact) mass is 462 g/mol. The van der Waals surface area contributed by atoms with Gasteiger partial charge in [-0.2, -0.15) is 0 Å². The molecule has 0 bridgehead atoms. The van der Waals surface area contributed by atoms with Gasteiger partial charge in [0.15, 0.2) is 6.79 Å². The standard InChI is InChI=1S/C29H34O5/c1-5-14-29(6-2,7-3)26-18-25-17-23(21-8-10-22(11-9-21)28(30)31)12-13-24(25)19-27(26)34-20-33-16-15-32-4/h5,8-13,17-19H,1,6-7,14-16,20H2,2-4H3,(H,30,31). The van der Waals surface area contributed by atoms with Crippen LogP contribution in [0, 0.1) is 0 Å². The molecule has 0 aliphatic rings. The van der Waals surface area contributed by atoms with Crippen LogP contribution >= 0.6 is 0 Å². The molecule has 0 saturated carbocycles. The van der Waals surface area contributed by atoms with Crippen molar-refractivity contribution < 1.29 is 24.1 Å². The Balaban J connectivity index is 2.05. The minimum atomic E-state index is -0.925. The Hall–Kier alpha value is -3.15. The molecular formula is C29H34O5. The largest absolute Gasteiger partial charge is 0.478 e. The van der Waals surface area contributed by atoms with E-state index in [0.717, 1.165) is 52.5 Å². The van der Waals surface area contributed by atoms with Crippen molar-refractivity contribution in [3.05, 3.63) is 78.4 Å². The SMILES string of the molecule is C=CCC(CC)(CC)c1cc2cc(-c3ccc(C(=O)O)cc3)ccc2cc1OCOCCOC. The fraction of sp³-hybridized carbons (Fsp3) is 0.345. The summed E-state index contributed by atoms with van der Waals surface area (Å²) in [6.07, 6.45) is 4.75. The van der Waals surface area contributed by atoms with Gasteiger partial charge in [0, 0.05) is 18.1 Å². The number of carboxylic acid groups (broad SMARTS) is 1. The van der Waals surface area contributed by atoms with Crippen molar-refractivity contribution in [3.8, 4) is 16.9 Å². The lowest BCUT2D eigenvalue weighted by molar-refractivity contribution is -0.00932. The predicted molar refractivity (Wildman–Crippen MR) is 137 cm³/mol. The van der Waals surface area contributed by atoms with E-state index in [1.807, 2.05) is 24.3 Å². The van der Waals surface area contributed by atoms with Gasteiger partial charge >= 0.3 is 5.97 Å². The van der Waals surface area contributed by atoms with Gasteiger partial charge in [0.2, 0.25) is 0 Å². The van der Waals surface area contributed by atoms with Crippen molar-refractivity contribution in [3.63, 3.8) is 0 Å². The maximum atomic E-state index is 11.2.